The molecule has 0 aliphatic rings. The maximum Gasteiger partial charge on any atom is 0.111 e. The molecule has 2 aromatic rings. The molecule has 2 rings (SSSR count). The van der Waals surface area contributed by atoms with E-state index in [1.54, 1.807) is 0 Å². The second-order valence-electron chi connectivity index (χ2n) is 4.01. The van der Waals surface area contributed by atoms with Crippen molar-refractivity contribution in [1.82, 2.24) is 14.9 Å². The lowest BCUT2D eigenvalue weighted by atomic mass is 10.3. The van der Waals surface area contributed by atoms with Crippen molar-refractivity contribution in [3.8, 4) is 0 Å². The van der Waals surface area contributed by atoms with Crippen molar-refractivity contribution in [3.63, 3.8) is 0 Å². The number of aromatic nitrogens is 2. The van der Waals surface area contributed by atoms with Crippen LogP contribution in [-0.2, 0) is 13.0 Å². The van der Waals surface area contributed by atoms with Crippen molar-refractivity contribution < 1.29 is 0 Å². The molecule has 1 N–H and O–H groups in total. The minimum absolute atomic E-state index is 0.972. The molecular formula is C13H18BrN3. The van der Waals surface area contributed by atoms with Gasteiger partial charge in [0.25, 0.3) is 0 Å². The molecule has 1 heterocycles. The molecule has 0 bridgehead atoms. The Bertz CT molecular complexity index is 505. The Morgan fingerprint density at radius 2 is 2.18 bits per heavy atom. The van der Waals surface area contributed by atoms with Gasteiger partial charge in [-0.1, -0.05) is 22.9 Å². The highest BCUT2D eigenvalue weighted by molar-refractivity contribution is 9.10. The highest BCUT2D eigenvalue weighted by Crippen LogP contribution is 2.21. The molecule has 0 aliphatic heterocycles. The van der Waals surface area contributed by atoms with Crippen LogP contribution in [0.25, 0.3) is 11.0 Å². The lowest BCUT2D eigenvalue weighted by molar-refractivity contribution is 0.655. The average Bonchev–Trinajstić information content (AvgIpc) is 2.66. The molecule has 0 saturated carbocycles. The van der Waals surface area contributed by atoms with Crippen molar-refractivity contribution >= 4 is 27.0 Å². The van der Waals surface area contributed by atoms with Crippen LogP contribution in [-0.4, -0.2) is 22.6 Å². The summed E-state index contributed by atoms with van der Waals surface area (Å²) < 4.78 is 3.38. The number of likely N-dealkylation sites (N-methyl/N-ethyl adjacent to an activating group) is 1. The lowest BCUT2D eigenvalue weighted by Gasteiger charge is -2.06. The number of rotatable bonds is 5. The summed E-state index contributed by atoms with van der Waals surface area (Å²) in [6.07, 6.45) is 0.980. The zero-order valence-electron chi connectivity index (χ0n) is 10.3. The van der Waals surface area contributed by atoms with E-state index < -0.39 is 0 Å². The van der Waals surface area contributed by atoms with Crippen LogP contribution in [0.4, 0.5) is 0 Å². The fourth-order valence-electron chi connectivity index (χ4n) is 2.07. The van der Waals surface area contributed by atoms with Gasteiger partial charge in [-0.2, -0.15) is 0 Å². The third-order valence-electron chi connectivity index (χ3n) is 2.88. The largest absolute Gasteiger partial charge is 0.328 e. The fourth-order valence-corrected chi connectivity index (χ4v) is 2.42. The zero-order valence-corrected chi connectivity index (χ0v) is 11.9. The van der Waals surface area contributed by atoms with Crippen LogP contribution in [0.15, 0.2) is 22.7 Å². The molecule has 0 atom stereocenters. The summed E-state index contributed by atoms with van der Waals surface area (Å²) in [6, 6.07) is 6.29. The molecule has 0 aliphatic carbocycles. The molecule has 0 fully saturated rings. The van der Waals surface area contributed by atoms with Gasteiger partial charge in [-0.3, -0.25) is 0 Å². The standard InChI is InChI=1S/C13H18BrN3/c1-3-15-8-7-13-16-11-9-10(14)5-6-12(11)17(13)4-2/h5-6,9,15H,3-4,7-8H2,1-2H3. The molecule has 0 spiro atoms. The summed E-state index contributed by atoms with van der Waals surface area (Å²) in [7, 11) is 0. The molecule has 0 amide bonds. The summed E-state index contributed by atoms with van der Waals surface area (Å²) in [4.78, 5) is 4.71. The minimum Gasteiger partial charge on any atom is -0.328 e. The van der Waals surface area contributed by atoms with Gasteiger partial charge in [-0.05, 0) is 31.7 Å². The summed E-state index contributed by atoms with van der Waals surface area (Å²) in [5.41, 5.74) is 2.30. The summed E-state index contributed by atoms with van der Waals surface area (Å²) in [6.45, 7) is 7.26. The van der Waals surface area contributed by atoms with Crippen LogP contribution >= 0.6 is 15.9 Å². The first kappa shape index (κ1) is 12.6. The van der Waals surface area contributed by atoms with E-state index in [0.717, 1.165) is 36.0 Å². The highest BCUT2D eigenvalue weighted by atomic mass is 79.9. The van der Waals surface area contributed by atoms with Gasteiger partial charge < -0.3 is 9.88 Å². The molecule has 0 unspecified atom stereocenters. The molecule has 0 saturated heterocycles. The van der Waals surface area contributed by atoms with Gasteiger partial charge in [0.1, 0.15) is 5.82 Å². The number of nitrogens with one attached hydrogen (secondary N) is 1. The number of hydrogen-bond acceptors (Lipinski definition) is 2. The highest BCUT2D eigenvalue weighted by Gasteiger charge is 2.08. The zero-order chi connectivity index (χ0) is 12.3. The van der Waals surface area contributed by atoms with Gasteiger partial charge >= 0.3 is 0 Å². The van der Waals surface area contributed by atoms with Crippen LogP contribution < -0.4 is 5.32 Å². The van der Waals surface area contributed by atoms with Gasteiger partial charge in [-0.25, -0.2) is 4.98 Å². The second-order valence-corrected chi connectivity index (χ2v) is 4.92. The van der Waals surface area contributed by atoms with Gasteiger partial charge in [0.05, 0.1) is 11.0 Å². The second kappa shape index (κ2) is 5.65. The van der Waals surface area contributed by atoms with E-state index in [0.29, 0.717) is 0 Å². The van der Waals surface area contributed by atoms with Crippen molar-refractivity contribution in [2.75, 3.05) is 13.1 Å². The predicted molar refractivity (Wildman–Crippen MR) is 75.4 cm³/mol. The Balaban J connectivity index is 2.34. The normalized spacial score (nSPS) is 11.2. The molecule has 1 aromatic heterocycles. The fraction of sp³-hybridized carbons (Fsp3) is 0.462. The van der Waals surface area contributed by atoms with Crippen LogP contribution in [0.5, 0.6) is 0 Å². The molecule has 3 nitrogen and oxygen atoms in total. The molecular weight excluding hydrogens is 278 g/mol. The van der Waals surface area contributed by atoms with Crippen LogP contribution in [0.1, 0.15) is 19.7 Å². The van der Waals surface area contributed by atoms with Crippen LogP contribution in [0, 0.1) is 0 Å². The predicted octanol–water partition coefficient (Wildman–Crippen LogP) is 2.97. The number of fused-ring (bicyclic) bond motifs is 1. The lowest BCUT2D eigenvalue weighted by Crippen LogP contribution is -2.18. The molecule has 4 heteroatoms. The number of hydrogen-bond donors (Lipinski definition) is 1. The van der Waals surface area contributed by atoms with E-state index in [-0.39, 0.29) is 0 Å². The maximum atomic E-state index is 4.71. The van der Waals surface area contributed by atoms with Crippen LogP contribution in [0.2, 0.25) is 0 Å². The van der Waals surface area contributed by atoms with E-state index in [2.05, 4.69) is 57.9 Å². The van der Waals surface area contributed by atoms with E-state index in [4.69, 9.17) is 4.98 Å². The Kier molecular flexibility index (Phi) is 4.18. The third-order valence-corrected chi connectivity index (χ3v) is 3.37. The SMILES string of the molecule is CCNCCc1nc2cc(Br)ccc2n1CC. The first-order chi connectivity index (χ1) is 8.26. The summed E-state index contributed by atoms with van der Waals surface area (Å²) in [5.74, 6) is 1.17. The number of nitrogens with zero attached hydrogens (tertiary/aromatic N) is 2. The molecule has 0 radical (unpaired) electrons. The van der Waals surface area contributed by atoms with Crippen molar-refractivity contribution in [3.05, 3.63) is 28.5 Å². The monoisotopic (exact) mass is 295 g/mol. The van der Waals surface area contributed by atoms with Crippen molar-refractivity contribution in [1.29, 1.82) is 0 Å². The Hall–Kier alpha value is -0.870. The van der Waals surface area contributed by atoms with E-state index in [1.165, 1.54) is 11.3 Å². The van der Waals surface area contributed by atoms with E-state index in [9.17, 15) is 0 Å². The number of halogens is 1. The summed E-state index contributed by atoms with van der Waals surface area (Å²) in [5, 5.41) is 3.34. The molecule has 1 aromatic carbocycles. The Labute approximate surface area is 110 Å². The smallest absolute Gasteiger partial charge is 0.111 e. The number of benzene rings is 1. The third kappa shape index (κ3) is 2.69. The number of aryl methyl sites for hydroxylation is 1. The molecule has 92 valence electrons. The average molecular weight is 296 g/mol. The Morgan fingerprint density at radius 3 is 2.88 bits per heavy atom. The first-order valence-electron chi connectivity index (χ1n) is 6.11. The van der Waals surface area contributed by atoms with E-state index in [1.807, 2.05) is 0 Å². The van der Waals surface area contributed by atoms with Crippen molar-refractivity contribution in [2.45, 2.75) is 26.8 Å². The minimum atomic E-state index is 0.972. The molecule has 17 heavy (non-hydrogen) atoms. The van der Waals surface area contributed by atoms with Crippen LogP contribution in [0.3, 0.4) is 0 Å². The quantitative estimate of drug-likeness (QED) is 0.860. The Morgan fingerprint density at radius 1 is 1.35 bits per heavy atom. The van der Waals surface area contributed by atoms with Crippen molar-refractivity contribution in [2.24, 2.45) is 0 Å². The van der Waals surface area contributed by atoms with Gasteiger partial charge in [-0.15, -0.1) is 0 Å². The topological polar surface area (TPSA) is 29.9 Å². The van der Waals surface area contributed by atoms with E-state index >= 15 is 0 Å². The maximum absolute atomic E-state index is 4.71. The van der Waals surface area contributed by atoms with Gasteiger partial charge in [0.15, 0.2) is 0 Å². The number of imidazole rings is 1. The van der Waals surface area contributed by atoms with Gasteiger partial charge in [0.2, 0.25) is 0 Å². The summed E-state index contributed by atoms with van der Waals surface area (Å²) >= 11 is 3.49. The first-order valence-corrected chi connectivity index (χ1v) is 6.91. The van der Waals surface area contributed by atoms with Gasteiger partial charge in [0, 0.05) is 24.0 Å².